The second-order valence-electron chi connectivity index (χ2n) is 4.99. The number of alkyl halides is 3. The van der Waals surface area contributed by atoms with Crippen LogP contribution in [0.3, 0.4) is 0 Å². The molecule has 0 amide bonds. The Morgan fingerprint density at radius 2 is 2.00 bits per heavy atom. The number of anilines is 1. The summed E-state index contributed by atoms with van der Waals surface area (Å²) >= 11 is 0. The van der Waals surface area contributed by atoms with Crippen LogP contribution in [0.25, 0.3) is 5.65 Å². The minimum absolute atomic E-state index is 0.0943. The molecule has 11 heteroatoms. The quantitative estimate of drug-likeness (QED) is 0.755. The molecule has 8 nitrogen and oxygen atoms in total. The Labute approximate surface area is 128 Å². The van der Waals surface area contributed by atoms with E-state index in [9.17, 15) is 13.2 Å². The Kier molecular flexibility index (Phi) is 3.62. The summed E-state index contributed by atoms with van der Waals surface area (Å²) in [5, 5.41) is 23.9. The van der Waals surface area contributed by atoms with Gasteiger partial charge in [-0.1, -0.05) is 0 Å². The van der Waals surface area contributed by atoms with Crippen LogP contribution in [0.1, 0.15) is 22.6 Å². The van der Waals surface area contributed by atoms with E-state index in [1.54, 1.807) is 20.0 Å². The highest BCUT2D eigenvalue weighted by Crippen LogP contribution is 2.29. The van der Waals surface area contributed by atoms with Gasteiger partial charge in [-0.2, -0.15) is 33.1 Å². The maximum Gasteiger partial charge on any atom is 0.453 e. The van der Waals surface area contributed by atoms with Gasteiger partial charge in [-0.25, -0.2) is 0 Å². The summed E-state index contributed by atoms with van der Waals surface area (Å²) in [5.74, 6) is -0.793. The lowest BCUT2D eigenvalue weighted by Gasteiger charge is -2.12. The van der Waals surface area contributed by atoms with Gasteiger partial charge < -0.3 is 5.32 Å². The number of fused-ring (bicyclic) bond motifs is 1. The third-order valence-electron chi connectivity index (χ3n) is 3.49. The highest BCUT2D eigenvalue weighted by molar-refractivity contribution is 5.58. The van der Waals surface area contributed by atoms with Crippen LogP contribution in [0.5, 0.6) is 0 Å². The molecule has 3 aromatic rings. The number of aromatic nitrogens is 7. The molecule has 0 radical (unpaired) electrons. The Morgan fingerprint density at radius 1 is 1.22 bits per heavy atom. The first-order chi connectivity index (χ1) is 10.9. The molecule has 0 aliphatic carbocycles. The van der Waals surface area contributed by atoms with E-state index in [2.05, 4.69) is 36.0 Å². The molecule has 0 atom stereocenters. The number of nitrogens with zero attached hydrogens (tertiary/aromatic N) is 6. The molecule has 0 saturated carbocycles. The van der Waals surface area contributed by atoms with Crippen molar-refractivity contribution in [3.63, 3.8) is 0 Å². The zero-order valence-electron chi connectivity index (χ0n) is 12.3. The highest BCUT2D eigenvalue weighted by Gasteiger charge is 2.38. The van der Waals surface area contributed by atoms with Gasteiger partial charge in [-0.15, -0.1) is 15.3 Å². The second kappa shape index (κ2) is 5.48. The fraction of sp³-hybridized carbons (Fsp3) is 0.417. The molecule has 0 saturated heterocycles. The smallest absolute Gasteiger partial charge is 0.368 e. The molecule has 0 aliphatic rings. The van der Waals surface area contributed by atoms with E-state index < -0.39 is 12.0 Å². The van der Waals surface area contributed by atoms with E-state index in [1.165, 1.54) is 0 Å². The number of aromatic amines is 1. The molecular weight excluding hydrogens is 313 g/mol. The monoisotopic (exact) mass is 326 g/mol. The van der Waals surface area contributed by atoms with Crippen LogP contribution in [0.4, 0.5) is 19.0 Å². The van der Waals surface area contributed by atoms with Crippen LogP contribution in [0.15, 0.2) is 6.20 Å². The maximum absolute atomic E-state index is 13.0. The van der Waals surface area contributed by atoms with Gasteiger partial charge in [0.15, 0.2) is 5.65 Å². The molecule has 0 fully saturated rings. The normalized spacial score (nSPS) is 12.0. The molecular formula is C12H13F3N8. The summed E-state index contributed by atoms with van der Waals surface area (Å²) in [6.45, 7) is 3.90. The summed E-state index contributed by atoms with van der Waals surface area (Å²) in [4.78, 5) is 0. The van der Waals surface area contributed by atoms with E-state index in [0.29, 0.717) is 24.3 Å². The van der Waals surface area contributed by atoms with Gasteiger partial charge in [0.1, 0.15) is 5.82 Å². The van der Waals surface area contributed by atoms with Crippen molar-refractivity contribution in [3.05, 3.63) is 28.8 Å². The Bertz CT molecular complexity index is 821. The number of H-pyrrole nitrogens is 1. The van der Waals surface area contributed by atoms with Crippen LogP contribution >= 0.6 is 0 Å². The molecule has 0 aliphatic heterocycles. The van der Waals surface area contributed by atoms with E-state index in [4.69, 9.17) is 0 Å². The fourth-order valence-electron chi connectivity index (χ4n) is 2.13. The van der Waals surface area contributed by atoms with Crippen molar-refractivity contribution in [2.75, 3.05) is 11.9 Å². The van der Waals surface area contributed by atoms with Crippen molar-refractivity contribution in [3.8, 4) is 0 Å². The van der Waals surface area contributed by atoms with Crippen LogP contribution in [-0.2, 0) is 12.6 Å². The minimum atomic E-state index is -4.62. The molecule has 0 spiro atoms. The zero-order valence-corrected chi connectivity index (χ0v) is 12.3. The van der Waals surface area contributed by atoms with Gasteiger partial charge in [-0.05, 0) is 19.4 Å². The van der Waals surface area contributed by atoms with E-state index in [1.807, 2.05) is 0 Å². The third kappa shape index (κ3) is 2.81. The first-order valence-corrected chi connectivity index (χ1v) is 6.76. The minimum Gasteiger partial charge on any atom is -0.368 e. The van der Waals surface area contributed by atoms with Crippen LogP contribution in [-0.4, -0.2) is 41.8 Å². The predicted molar refractivity (Wildman–Crippen MR) is 73.8 cm³/mol. The highest BCUT2D eigenvalue weighted by atomic mass is 19.4. The summed E-state index contributed by atoms with van der Waals surface area (Å²) in [6.07, 6.45) is -2.48. The van der Waals surface area contributed by atoms with E-state index in [-0.39, 0.29) is 5.65 Å². The van der Waals surface area contributed by atoms with Gasteiger partial charge in [0.25, 0.3) is 5.82 Å². The summed E-state index contributed by atoms with van der Waals surface area (Å²) in [7, 11) is 0. The Balaban J connectivity index is 1.91. The third-order valence-corrected chi connectivity index (χ3v) is 3.49. The van der Waals surface area contributed by atoms with Gasteiger partial charge in [0.2, 0.25) is 0 Å². The van der Waals surface area contributed by atoms with Crippen LogP contribution in [0, 0.1) is 13.8 Å². The fourth-order valence-corrected chi connectivity index (χ4v) is 2.13. The van der Waals surface area contributed by atoms with Crippen molar-refractivity contribution in [1.82, 2.24) is 35.2 Å². The van der Waals surface area contributed by atoms with Gasteiger partial charge in [0.05, 0.1) is 11.9 Å². The molecule has 2 N–H and O–H groups in total. The van der Waals surface area contributed by atoms with E-state index >= 15 is 0 Å². The molecule has 3 heterocycles. The van der Waals surface area contributed by atoms with Crippen molar-refractivity contribution in [2.24, 2.45) is 0 Å². The van der Waals surface area contributed by atoms with Crippen molar-refractivity contribution < 1.29 is 13.2 Å². The number of halogens is 3. The SMILES string of the molecule is Cc1c(NCCc2cn[nH]n2)nn2c(C(F)(F)F)nnc2c1C. The van der Waals surface area contributed by atoms with Crippen molar-refractivity contribution >= 4 is 11.5 Å². The molecule has 0 unspecified atom stereocenters. The number of hydrogen-bond donors (Lipinski definition) is 2. The Hall–Kier alpha value is -2.72. The molecule has 122 valence electrons. The average molecular weight is 326 g/mol. The molecule has 3 rings (SSSR count). The standard InChI is InChI=1S/C12H13F3N8/c1-6-7(2)10-19-20-11(12(13,14)15)23(10)21-9(6)16-4-3-8-5-17-22-18-8/h5H,3-4H2,1-2H3,(H,16,21)(H,17,18,22). The van der Waals surface area contributed by atoms with Crippen molar-refractivity contribution in [2.45, 2.75) is 26.4 Å². The second-order valence-corrected chi connectivity index (χ2v) is 4.99. The summed E-state index contributed by atoms with van der Waals surface area (Å²) < 4.78 is 39.6. The largest absolute Gasteiger partial charge is 0.453 e. The first-order valence-electron chi connectivity index (χ1n) is 6.76. The number of hydrogen-bond acceptors (Lipinski definition) is 6. The number of aryl methyl sites for hydroxylation is 1. The Morgan fingerprint density at radius 3 is 2.65 bits per heavy atom. The molecule has 0 bridgehead atoms. The maximum atomic E-state index is 13.0. The molecule has 23 heavy (non-hydrogen) atoms. The topological polar surface area (TPSA) is 96.7 Å². The number of nitrogens with one attached hydrogen (secondary N) is 2. The molecule has 3 aromatic heterocycles. The van der Waals surface area contributed by atoms with Crippen LogP contribution < -0.4 is 5.32 Å². The van der Waals surface area contributed by atoms with E-state index in [0.717, 1.165) is 15.8 Å². The first kappa shape index (κ1) is 15.2. The summed E-state index contributed by atoms with van der Waals surface area (Å²) in [6, 6.07) is 0. The van der Waals surface area contributed by atoms with Gasteiger partial charge in [-0.3, -0.25) is 0 Å². The lowest BCUT2D eigenvalue weighted by Crippen LogP contribution is -2.16. The molecule has 0 aromatic carbocycles. The predicted octanol–water partition coefficient (Wildman–Crippen LogP) is 1.53. The number of rotatable bonds is 4. The lowest BCUT2D eigenvalue weighted by molar-refractivity contribution is -0.146. The van der Waals surface area contributed by atoms with Crippen molar-refractivity contribution in [1.29, 1.82) is 0 Å². The lowest BCUT2D eigenvalue weighted by atomic mass is 10.2. The zero-order chi connectivity index (χ0) is 16.6. The van der Waals surface area contributed by atoms with Gasteiger partial charge >= 0.3 is 6.18 Å². The van der Waals surface area contributed by atoms with Crippen LogP contribution in [0.2, 0.25) is 0 Å². The summed E-state index contributed by atoms with van der Waals surface area (Å²) in [5.41, 5.74) is 2.15. The van der Waals surface area contributed by atoms with Gasteiger partial charge in [0, 0.05) is 18.5 Å². The average Bonchev–Trinajstić information content (AvgIpc) is 3.12.